The lowest BCUT2D eigenvalue weighted by atomic mass is 9.92. The van der Waals surface area contributed by atoms with Gasteiger partial charge in [0, 0.05) is 43.7 Å². The zero-order valence-corrected chi connectivity index (χ0v) is 14.4. The Balaban J connectivity index is 1.76. The number of nitrogens with zero attached hydrogens (tertiary/aromatic N) is 2. The Hall–Kier alpha value is -2.17. The first-order chi connectivity index (χ1) is 11.5. The molecule has 5 heteroatoms. The van der Waals surface area contributed by atoms with Gasteiger partial charge >= 0.3 is 0 Å². The molecule has 1 aromatic rings. The number of amides is 2. The van der Waals surface area contributed by atoms with Gasteiger partial charge in [-0.3, -0.25) is 14.4 Å². The van der Waals surface area contributed by atoms with Crippen LogP contribution >= 0.6 is 0 Å². The van der Waals surface area contributed by atoms with Gasteiger partial charge in [-0.15, -0.1) is 0 Å². The topological polar surface area (TPSA) is 57.7 Å². The predicted molar refractivity (Wildman–Crippen MR) is 92.1 cm³/mol. The molecule has 1 fully saturated rings. The van der Waals surface area contributed by atoms with Crippen molar-refractivity contribution in [3.05, 3.63) is 29.3 Å². The summed E-state index contributed by atoms with van der Waals surface area (Å²) in [5.41, 5.74) is 2.74. The van der Waals surface area contributed by atoms with Crippen molar-refractivity contribution in [1.82, 2.24) is 4.90 Å². The van der Waals surface area contributed by atoms with E-state index in [1.54, 1.807) is 13.8 Å². The number of likely N-dealkylation sites (tertiary alicyclic amines) is 1. The number of carbonyl (C=O) groups is 3. The van der Waals surface area contributed by atoms with Crippen LogP contribution in [0.25, 0.3) is 0 Å². The average Bonchev–Trinajstić information content (AvgIpc) is 2.60. The molecular formula is C19H24N2O3. The minimum Gasteiger partial charge on any atom is -0.343 e. The molecule has 0 unspecified atom stereocenters. The molecule has 2 heterocycles. The van der Waals surface area contributed by atoms with Crippen LogP contribution in [0.4, 0.5) is 5.69 Å². The summed E-state index contributed by atoms with van der Waals surface area (Å²) in [7, 11) is 0. The van der Waals surface area contributed by atoms with E-state index in [9.17, 15) is 14.4 Å². The number of fused-ring (bicyclic) bond motifs is 1. The van der Waals surface area contributed by atoms with Gasteiger partial charge in [-0.05, 0) is 56.4 Å². The number of anilines is 1. The standard InChI is InChI=1S/C19H24N2O3/c1-13(22)16-5-6-18-17(12-16)4-3-9-21(18)19(24)15-7-10-20(11-8-15)14(2)23/h5-6,12,15H,3-4,7-11H2,1-2H3. The third-order valence-corrected chi connectivity index (χ3v) is 5.16. The summed E-state index contributed by atoms with van der Waals surface area (Å²) in [5.74, 6) is 0.285. The normalized spacial score (nSPS) is 18.2. The third kappa shape index (κ3) is 3.21. The van der Waals surface area contributed by atoms with Crippen molar-refractivity contribution in [2.24, 2.45) is 5.92 Å². The highest BCUT2D eigenvalue weighted by atomic mass is 16.2. The second-order valence-corrected chi connectivity index (χ2v) is 6.77. The number of rotatable bonds is 2. The van der Waals surface area contributed by atoms with Crippen LogP contribution in [0.15, 0.2) is 18.2 Å². The van der Waals surface area contributed by atoms with Crippen molar-refractivity contribution in [2.75, 3.05) is 24.5 Å². The van der Waals surface area contributed by atoms with E-state index in [-0.39, 0.29) is 23.5 Å². The van der Waals surface area contributed by atoms with E-state index in [1.807, 2.05) is 28.0 Å². The van der Waals surface area contributed by atoms with Crippen LogP contribution in [-0.2, 0) is 16.0 Å². The van der Waals surface area contributed by atoms with E-state index in [2.05, 4.69) is 0 Å². The molecule has 128 valence electrons. The van der Waals surface area contributed by atoms with E-state index >= 15 is 0 Å². The molecule has 0 saturated carbocycles. The molecule has 2 amide bonds. The SMILES string of the molecule is CC(=O)c1ccc2c(c1)CCCN2C(=O)C1CCN(C(C)=O)CC1. The molecule has 1 saturated heterocycles. The smallest absolute Gasteiger partial charge is 0.230 e. The quantitative estimate of drug-likeness (QED) is 0.784. The number of Topliss-reactive ketones (excluding diaryl/α,β-unsaturated/α-hetero) is 1. The highest BCUT2D eigenvalue weighted by molar-refractivity contribution is 5.98. The molecule has 5 nitrogen and oxygen atoms in total. The molecule has 0 radical (unpaired) electrons. The molecule has 0 bridgehead atoms. The number of hydrogen-bond donors (Lipinski definition) is 0. The fourth-order valence-corrected chi connectivity index (χ4v) is 3.71. The Morgan fingerprint density at radius 3 is 2.38 bits per heavy atom. The number of ketones is 1. The van der Waals surface area contributed by atoms with Crippen LogP contribution in [0.3, 0.4) is 0 Å². The molecule has 3 rings (SSSR count). The molecule has 0 aliphatic carbocycles. The van der Waals surface area contributed by atoms with Crippen molar-refractivity contribution in [1.29, 1.82) is 0 Å². The maximum absolute atomic E-state index is 13.0. The summed E-state index contributed by atoms with van der Waals surface area (Å²) in [4.78, 5) is 39.7. The molecule has 0 N–H and O–H groups in total. The van der Waals surface area contributed by atoms with Gasteiger partial charge in [-0.2, -0.15) is 0 Å². The second-order valence-electron chi connectivity index (χ2n) is 6.77. The number of aryl methyl sites for hydroxylation is 1. The Kier molecular flexibility index (Phi) is 4.69. The molecule has 2 aliphatic heterocycles. The maximum atomic E-state index is 13.0. The molecule has 24 heavy (non-hydrogen) atoms. The lowest BCUT2D eigenvalue weighted by molar-refractivity contribution is -0.133. The summed E-state index contributed by atoms with van der Waals surface area (Å²) < 4.78 is 0. The minimum absolute atomic E-state index is 0.0148. The van der Waals surface area contributed by atoms with Gasteiger partial charge in [0.05, 0.1) is 0 Å². The number of benzene rings is 1. The fraction of sp³-hybridized carbons (Fsp3) is 0.526. The van der Waals surface area contributed by atoms with Crippen LogP contribution in [0, 0.1) is 5.92 Å². The Labute approximate surface area is 142 Å². The zero-order chi connectivity index (χ0) is 17.3. The van der Waals surface area contributed by atoms with Crippen LogP contribution in [0.1, 0.15) is 49.0 Å². The van der Waals surface area contributed by atoms with Gasteiger partial charge in [0.2, 0.25) is 11.8 Å². The molecule has 0 spiro atoms. The van der Waals surface area contributed by atoms with E-state index in [0.29, 0.717) is 18.7 Å². The first-order valence-electron chi connectivity index (χ1n) is 8.68. The third-order valence-electron chi connectivity index (χ3n) is 5.16. The summed E-state index contributed by atoms with van der Waals surface area (Å²) in [5, 5.41) is 0. The van der Waals surface area contributed by atoms with Crippen molar-refractivity contribution >= 4 is 23.3 Å². The van der Waals surface area contributed by atoms with E-state index in [1.165, 1.54) is 0 Å². The molecule has 0 atom stereocenters. The van der Waals surface area contributed by atoms with Crippen molar-refractivity contribution < 1.29 is 14.4 Å². The summed E-state index contributed by atoms with van der Waals surface area (Å²) in [6, 6.07) is 5.65. The molecular weight excluding hydrogens is 304 g/mol. The van der Waals surface area contributed by atoms with E-state index in [0.717, 1.165) is 43.5 Å². The van der Waals surface area contributed by atoms with Crippen molar-refractivity contribution in [3.63, 3.8) is 0 Å². The highest BCUT2D eigenvalue weighted by Crippen LogP contribution is 2.31. The van der Waals surface area contributed by atoms with Crippen LogP contribution in [0.5, 0.6) is 0 Å². The summed E-state index contributed by atoms with van der Waals surface area (Å²) >= 11 is 0. The lowest BCUT2D eigenvalue weighted by Gasteiger charge is -2.36. The molecule has 2 aliphatic rings. The second kappa shape index (κ2) is 6.75. The number of hydrogen-bond acceptors (Lipinski definition) is 3. The van der Waals surface area contributed by atoms with Gasteiger partial charge in [-0.1, -0.05) is 0 Å². The van der Waals surface area contributed by atoms with Gasteiger partial charge in [0.1, 0.15) is 0 Å². The van der Waals surface area contributed by atoms with Crippen molar-refractivity contribution in [3.8, 4) is 0 Å². The van der Waals surface area contributed by atoms with Gasteiger partial charge in [-0.25, -0.2) is 0 Å². The number of carbonyl (C=O) groups excluding carboxylic acids is 3. The van der Waals surface area contributed by atoms with Gasteiger partial charge in [0.25, 0.3) is 0 Å². The Morgan fingerprint density at radius 2 is 1.75 bits per heavy atom. The largest absolute Gasteiger partial charge is 0.343 e. The summed E-state index contributed by atoms with van der Waals surface area (Å²) in [6.45, 7) is 5.20. The molecule has 1 aromatic carbocycles. The zero-order valence-electron chi connectivity index (χ0n) is 14.4. The number of piperidine rings is 1. The van der Waals surface area contributed by atoms with Crippen LogP contribution < -0.4 is 4.90 Å². The van der Waals surface area contributed by atoms with Crippen molar-refractivity contribution in [2.45, 2.75) is 39.5 Å². The van der Waals surface area contributed by atoms with Crippen LogP contribution in [-0.4, -0.2) is 42.1 Å². The Morgan fingerprint density at radius 1 is 1.04 bits per heavy atom. The predicted octanol–water partition coefficient (Wildman–Crippen LogP) is 2.43. The summed E-state index contributed by atoms with van der Waals surface area (Å²) in [6.07, 6.45) is 3.29. The highest BCUT2D eigenvalue weighted by Gasteiger charge is 2.32. The van der Waals surface area contributed by atoms with E-state index in [4.69, 9.17) is 0 Å². The minimum atomic E-state index is -0.0148. The monoisotopic (exact) mass is 328 g/mol. The molecule has 0 aromatic heterocycles. The Bertz CT molecular complexity index is 675. The van der Waals surface area contributed by atoms with Gasteiger partial charge < -0.3 is 9.80 Å². The maximum Gasteiger partial charge on any atom is 0.230 e. The first-order valence-corrected chi connectivity index (χ1v) is 8.68. The van der Waals surface area contributed by atoms with Gasteiger partial charge in [0.15, 0.2) is 5.78 Å². The fourth-order valence-electron chi connectivity index (χ4n) is 3.71. The first kappa shape index (κ1) is 16.7. The average molecular weight is 328 g/mol. The van der Waals surface area contributed by atoms with Crippen LogP contribution in [0.2, 0.25) is 0 Å². The lowest BCUT2D eigenvalue weighted by Crippen LogP contribution is -2.45. The van der Waals surface area contributed by atoms with E-state index < -0.39 is 0 Å².